The zero-order valence-electron chi connectivity index (χ0n) is 14.9. The fourth-order valence-corrected chi connectivity index (χ4v) is 3.91. The van der Waals surface area contributed by atoms with Crippen molar-refractivity contribution < 1.29 is 19.4 Å². The van der Waals surface area contributed by atoms with Gasteiger partial charge in [0, 0.05) is 31.7 Å². The van der Waals surface area contributed by atoms with Crippen molar-refractivity contribution in [1.29, 1.82) is 0 Å². The van der Waals surface area contributed by atoms with Crippen LogP contribution >= 0.6 is 0 Å². The van der Waals surface area contributed by atoms with E-state index in [4.69, 9.17) is 9.47 Å². The van der Waals surface area contributed by atoms with Crippen LogP contribution in [0.15, 0.2) is 30.3 Å². The molecule has 3 rings (SSSR count). The summed E-state index contributed by atoms with van der Waals surface area (Å²) in [5.74, 6) is 0.125. The number of likely N-dealkylation sites (tertiary alicyclic amines) is 1. The standard InChI is InChI=1S/C20H29NO4/c22-16-20(17-5-2-1-3-6-17)10-4-11-21(15-20)19(23)9-14-25-18-7-12-24-13-8-18/h1-3,5-6,18,22H,4,7-16H2. The molecule has 1 atom stereocenters. The summed E-state index contributed by atoms with van der Waals surface area (Å²) in [6, 6.07) is 10.1. The van der Waals surface area contributed by atoms with Crippen LogP contribution < -0.4 is 0 Å². The van der Waals surface area contributed by atoms with Crippen molar-refractivity contribution in [1.82, 2.24) is 4.90 Å². The Morgan fingerprint density at radius 1 is 1.28 bits per heavy atom. The molecule has 5 nitrogen and oxygen atoms in total. The van der Waals surface area contributed by atoms with Gasteiger partial charge in [0.1, 0.15) is 0 Å². The number of hydrogen-bond donors (Lipinski definition) is 1. The minimum Gasteiger partial charge on any atom is -0.395 e. The Morgan fingerprint density at radius 2 is 2.04 bits per heavy atom. The van der Waals surface area contributed by atoms with Crippen molar-refractivity contribution in [2.24, 2.45) is 0 Å². The fraction of sp³-hybridized carbons (Fsp3) is 0.650. The number of aliphatic hydroxyl groups is 1. The molecule has 2 aliphatic rings. The molecular formula is C20H29NO4. The number of piperidine rings is 1. The number of aliphatic hydroxyl groups excluding tert-OH is 1. The molecule has 0 spiro atoms. The number of amides is 1. The average molecular weight is 347 g/mol. The van der Waals surface area contributed by atoms with Crippen molar-refractivity contribution in [3.63, 3.8) is 0 Å². The van der Waals surface area contributed by atoms with E-state index in [1.807, 2.05) is 23.1 Å². The van der Waals surface area contributed by atoms with Gasteiger partial charge in [-0.15, -0.1) is 0 Å². The van der Waals surface area contributed by atoms with E-state index >= 15 is 0 Å². The second kappa shape index (κ2) is 8.79. The Bertz CT molecular complexity index is 544. The van der Waals surface area contributed by atoms with Crippen molar-refractivity contribution in [3.05, 3.63) is 35.9 Å². The molecule has 0 aromatic heterocycles. The molecule has 138 valence electrons. The van der Waals surface area contributed by atoms with Gasteiger partial charge in [-0.3, -0.25) is 4.79 Å². The molecule has 1 amide bonds. The molecule has 2 aliphatic heterocycles. The summed E-state index contributed by atoms with van der Waals surface area (Å²) in [7, 11) is 0. The third-order valence-corrected chi connectivity index (χ3v) is 5.46. The average Bonchev–Trinajstić information content (AvgIpc) is 2.69. The lowest BCUT2D eigenvalue weighted by molar-refractivity contribution is -0.136. The van der Waals surface area contributed by atoms with Gasteiger partial charge in [0.05, 0.1) is 25.7 Å². The summed E-state index contributed by atoms with van der Waals surface area (Å²) in [4.78, 5) is 14.5. The van der Waals surface area contributed by atoms with Gasteiger partial charge in [-0.25, -0.2) is 0 Å². The second-order valence-electron chi connectivity index (χ2n) is 7.16. The first-order valence-electron chi connectivity index (χ1n) is 9.37. The van der Waals surface area contributed by atoms with E-state index in [0.717, 1.165) is 51.0 Å². The van der Waals surface area contributed by atoms with Gasteiger partial charge in [-0.2, -0.15) is 0 Å². The summed E-state index contributed by atoms with van der Waals surface area (Å²) in [6.45, 7) is 3.40. The van der Waals surface area contributed by atoms with E-state index < -0.39 is 0 Å². The van der Waals surface area contributed by atoms with Gasteiger partial charge in [-0.1, -0.05) is 30.3 Å². The monoisotopic (exact) mass is 347 g/mol. The lowest BCUT2D eigenvalue weighted by Gasteiger charge is -2.42. The maximum absolute atomic E-state index is 12.6. The molecule has 2 fully saturated rings. The van der Waals surface area contributed by atoms with E-state index in [0.29, 0.717) is 19.6 Å². The molecule has 1 unspecified atom stereocenters. The van der Waals surface area contributed by atoms with Crippen LogP contribution in [0.5, 0.6) is 0 Å². The van der Waals surface area contributed by atoms with E-state index in [1.165, 1.54) is 0 Å². The Labute approximate surface area is 149 Å². The van der Waals surface area contributed by atoms with Gasteiger partial charge in [0.15, 0.2) is 0 Å². The molecule has 0 bridgehead atoms. The number of rotatable bonds is 6. The Morgan fingerprint density at radius 3 is 2.76 bits per heavy atom. The summed E-state index contributed by atoms with van der Waals surface area (Å²) in [6.07, 6.45) is 4.30. The molecule has 1 N–H and O–H groups in total. The highest BCUT2D eigenvalue weighted by atomic mass is 16.5. The van der Waals surface area contributed by atoms with Gasteiger partial charge >= 0.3 is 0 Å². The summed E-state index contributed by atoms with van der Waals surface area (Å²) >= 11 is 0. The third kappa shape index (κ3) is 4.60. The fourth-order valence-electron chi connectivity index (χ4n) is 3.91. The molecule has 1 aromatic rings. The van der Waals surface area contributed by atoms with Crippen molar-refractivity contribution in [3.8, 4) is 0 Å². The minimum atomic E-state index is -0.337. The van der Waals surface area contributed by atoms with E-state index in [2.05, 4.69) is 12.1 Å². The van der Waals surface area contributed by atoms with Gasteiger partial charge in [0.2, 0.25) is 5.91 Å². The first kappa shape index (κ1) is 18.4. The molecule has 0 radical (unpaired) electrons. The van der Waals surface area contributed by atoms with Crippen LogP contribution in [0.1, 0.15) is 37.7 Å². The van der Waals surface area contributed by atoms with Crippen LogP contribution in [0.3, 0.4) is 0 Å². The van der Waals surface area contributed by atoms with Crippen LogP contribution in [0, 0.1) is 0 Å². The topological polar surface area (TPSA) is 59.0 Å². The van der Waals surface area contributed by atoms with E-state index in [-0.39, 0.29) is 24.0 Å². The first-order chi connectivity index (χ1) is 12.2. The van der Waals surface area contributed by atoms with Crippen LogP contribution in [0.2, 0.25) is 0 Å². The van der Waals surface area contributed by atoms with Crippen LogP contribution in [0.4, 0.5) is 0 Å². The van der Waals surface area contributed by atoms with Crippen LogP contribution in [0.25, 0.3) is 0 Å². The maximum atomic E-state index is 12.6. The SMILES string of the molecule is O=C(CCOC1CCOCC1)N1CCCC(CO)(c2ccccc2)C1. The summed E-state index contributed by atoms with van der Waals surface area (Å²) < 4.78 is 11.2. The van der Waals surface area contributed by atoms with Gasteiger partial charge in [0.25, 0.3) is 0 Å². The Balaban J connectivity index is 1.54. The number of ether oxygens (including phenoxy) is 2. The molecule has 5 heteroatoms. The zero-order chi connectivity index (χ0) is 17.5. The predicted molar refractivity (Wildman–Crippen MR) is 95.4 cm³/mol. The maximum Gasteiger partial charge on any atom is 0.224 e. The quantitative estimate of drug-likeness (QED) is 0.856. The molecule has 0 saturated carbocycles. The lowest BCUT2D eigenvalue weighted by Crippen LogP contribution is -2.50. The van der Waals surface area contributed by atoms with Gasteiger partial charge < -0.3 is 19.5 Å². The number of benzene rings is 1. The molecule has 2 heterocycles. The summed E-state index contributed by atoms with van der Waals surface area (Å²) in [5, 5.41) is 10.1. The van der Waals surface area contributed by atoms with Crippen LogP contribution in [-0.4, -0.2) is 61.5 Å². The van der Waals surface area contributed by atoms with E-state index in [9.17, 15) is 9.90 Å². The second-order valence-corrected chi connectivity index (χ2v) is 7.16. The lowest BCUT2D eigenvalue weighted by atomic mass is 9.74. The highest BCUT2D eigenvalue weighted by molar-refractivity contribution is 5.76. The first-order valence-corrected chi connectivity index (χ1v) is 9.37. The van der Waals surface area contributed by atoms with Crippen molar-refractivity contribution in [2.75, 3.05) is 39.5 Å². The number of nitrogens with zero attached hydrogens (tertiary/aromatic N) is 1. The molecule has 2 saturated heterocycles. The molecular weight excluding hydrogens is 318 g/mol. The Kier molecular flexibility index (Phi) is 6.45. The van der Waals surface area contributed by atoms with Crippen molar-refractivity contribution in [2.45, 2.75) is 43.6 Å². The molecule has 25 heavy (non-hydrogen) atoms. The highest BCUT2D eigenvalue weighted by Crippen LogP contribution is 2.34. The highest BCUT2D eigenvalue weighted by Gasteiger charge is 2.38. The number of hydrogen-bond acceptors (Lipinski definition) is 4. The smallest absolute Gasteiger partial charge is 0.224 e. The molecule has 1 aromatic carbocycles. The van der Waals surface area contributed by atoms with E-state index in [1.54, 1.807) is 0 Å². The van der Waals surface area contributed by atoms with Crippen LogP contribution in [-0.2, 0) is 19.7 Å². The largest absolute Gasteiger partial charge is 0.395 e. The third-order valence-electron chi connectivity index (χ3n) is 5.46. The number of carbonyl (C=O) groups is 1. The minimum absolute atomic E-state index is 0.0688. The predicted octanol–water partition coefficient (Wildman–Crippen LogP) is 2.12. The summed E-state index contributed by atoms with van der Waals surface area (Å²) in [5.41, 5.74) is 0.782. The normalized spacial score (nSPS) is 25.1. The zero-order valence-corrected chi connectivity index (χ0v) is 14.9. The number of carbonyl (C=O) groups excluding carboxylic acids is 1. The Hall–Kier alpha value is -1.43. The van der Waals surface area contributed by atoms with Gasteiger partial charge in [-0.05, 0) is 31.2 Å². The van der Waals surface area contributed by atoms with Crippen molar-refractivity contribution >= 4 is 5.91 Å². The molecule has 0 aliphatic carbocycles.